The second-order valence-corrected chi connectivity index (χ2v) is 9.77. The molecule has 2 atom stereocenters. The molecule has 1 saturated heterocycles. The van der Waals surface area contributed by atoms with Gasteiger partial charge >= 0.3 is 0 Å². The van der Waals surface area contributed by atoms with Crippen LogP contribution >= 0.6 is 0 Å². The first-order valence-electron chi connectivity index (χ1n) is 12.4. The lowest BCUT2D eigenvalue weighted by Crippen LogP contribution is -2.56. The number of carbonyl (C=O) groups is 1. The fraction of sp³-hybridized carbons (Fsp3) is 0.345. The third kappa shape index (κ3) is 6.49. The Morgan fingerprint density at radius 1 is 0.972 bits per heavy atom. The minimum Gasteiger partial charge on any atom is -0.508 e. The first-order valence-corrected chi connectivity index (χ1v) is 12.4. The number of hydrogen-bond donors (Lipinski definition) is 3. The number of amides is 1. The molecule has 36 heavy (non-hydrogen) atoms. The van der Waals surface area contributed by atoms with Crippen LogP contribution in [-0.4, -0.2) is 59.3 Å². The Hall–Kier alpha value is -3.71. The molecular weight excluding hydrogens is 454 g/mol. The average Bonchev–Trinajstić information content (AvgIpc) is 2.84. The SMILES string of the molecule is CC(C)C(CN1CCN(c2cccc(O)c2)[C@@H](C)C1)NC(=O)c1ccc(Oc2cccc(O)c2)cc1. The molecule has 4 rings (SSSR count). The van der Waals surface area contributed by atoms with E-state index in [1.807, 2.05) is 18.2 Å². The Labute approximate surface area is 212 Å². The number of piperazine rings is 1. The maximum Gasteiger partial charge on any atom is 0.251 e. The molecule has 1 fully saturated rings. The van der Waals surface area contributed by atoms with Crippen LogP contribution in [0.15, 0.2) is 72.8 Å². The van der Waals surface area contributed by atoms with Crippen molar-refractivity contribution in [1.29, 1.82) is 0 Å². The molecule has 0 radical (unpaired) electrons. The van der Waals surface area contributed by atoms with Gasteiger partial charge < -0.3 is 25.2 Å². The molecule has 0 aliphatic carbocycles. The number of carbonyl (C=O) groups excluding carboxylic acids is 1. The van der Waals surface area contributed by atoms with E-state index in [0.717, 1.165) is 31.9 Å². The van der Waals surface area contributed by atoms with Gasteiger partial charge in [-0.15, -0.1) is 0 Å². The highest BCUT2D eigenvalue weighted by Gasteiger charge is 2.27. The molecule has 3 aromatic carbocycles. The lowest BCUT2D eigenvalue weighted by Gasteiger charge is -2.42. The third-order valence-electron chi connectivity index (χ3n) is 6.62. The number of hydrogen-bond acceptors (Lipinski definition) is 6. The largest absolute Gasteiger partial charge is 0.508 e. The fourth-order valence-electron chi connectivity index (χ4n) is 4.56. The number of nitrogens with zero attached hydrogens (tertiary/aromatic N) is 2. The van der Waals surface area contributed by atoms with Gasteiger partial charge in [-0.2, -0.15) is 0 Å². The molecule has 0 aromatic heterocycles. The molecule has 1 amide bonds. The van der Waals surface area contributed by atoms with Crippen molar-refractivity contribution < 1.29 is 19.7 Å². The molecule has 3 N–H and O–H groups in total. The van der Waals surface area contributed by atoms with Crippen molar-refractivity contribution in [2.45, 2.75) is 32.9 Å². The summed E-state index contributed by atoms with van der Waals surface area (Å²) in [4.78, 5) is 17.7. The average molecular weight is 490 g/mol. The topological polar surface area (TPSA) is 85.3 Å². The zero-order valence-electron chi connectivity index (χ0n) is 21.1. The van der Waals surface area contributed by atoms with Crippen LogP contribution in [0.1, 0.15) is 31.1 Å². The Bertz CT molecular complexity index is 1170. The van der Waals surface area contributed by atoms with Crippen LogP contribution in [-0.2, 0) is 0 Å². The maximum absolute atomic E-state index is 13.0. The van der Waals surface area contributed by atoms with Crippen molar-refractivity contribution in [2.75, 3.05) is 31.1 Å². The van der Waals surface area contributed by atoms with Crippen molar-refractivity contribution in [1.82, 2.24) is 10.2 Å². The maximum atomic E-state index is 13.0. The van der Waals surface area contributed by atoms with Gasteiger partial charge in [0.15, 0.2) is 0 Å². The first kappa shape index (κ1) is 25.4. The molecule has 190 valence electrons. The minimum absolute atomic E-state index is 0.0141. The third-order valence-corrected chi connectivity index (χ3v) is 6.62. The number of phenols is 2. The summed E-state index contributed by atoms with van der Waals surface area (Å²) >= 11 is 0. The van der Waals surface area contributed by atoms with E-state index in [-0.39, 0.29) is 29.4 Å². The van der Waals surface area contributed by atoms with E-state index in [2.05, 4.69) is 35.9 Å². The van der Waals surface area contributed by atoms with Crippen LogP contribution in [0.5, 0.6) is 23.0 Å². The van der Waals surface area contributed by atoms with Crippen molar-refractivity contribution in [2.24, 2.45) is 5.92 Å². The van der Waals surface area contributed by atoms with Crippen LogP contribution in [0.4, 0.5) is 5.69 Å². The van der Waals surface area contributed by atoms with E-state index in [0.29, 0.717) is 23.1 Å². The highest BCUT2D eigenvalue weighted by atomic mass is 16.5. The zero-order valence-corrected chi connectivity index (χ0v) is 21.1. The van der Waals surface area contributed by atoms with Crippen molar-refractivity contribution in [3.8, 4) is 23.0 Å². The Morgan fingerprint density at radius 3 is 2.31 bits per heavy atom. The molecule has 7 nitrogen and oxygen atoms in total. The predicted octanol–water partition coefficient (Wildman–Crippen LogP) is 4.86. The number of ether oxygens (including phenoxy) is 1. The number of benzene rings is 3. The summed E-state index contributed by atoms with van der Waals surface area (Å²) in [6, 6.07) is 21.3. The second kappa shape index (κ2) is 11.4. The van der Waals surface area contributed by atoms with Crippen LogP contribution in [0.25, 0.3) is 0 Å². The van der Waals surface area contributed by atoms with Gasteiger partial charge in [0.2, 0.25) is 0 Å². The molecule has 1 aliphatic rings. The standard InChI is InChI=1S/C29H35N3O4/c1-20(2)28(19-31-14-15-32(21(3)18-31)23-6-4-7-24(33)16-23)30-29(35)22-10-12-26(13-11-22)36-27-9-5-8-25(34)17-27/h4-13,16-17,20-21,28,33-34H,14-15,18-19H2,1-3H3,(H,30,35)/t21-,28?/m0/s1. The summed E-state index contributed by atoms with van der Waals surface area (Å²) in [6.45, 7) is 9.87. The predicted molar refractivity (Wildman–Crippen MR) is 142 cm³/mol. The molecule has 0 saturated carbocycles. The van der Waals surface area contributed by atoms with Gasteiger partial charge in [0, 0.05) is 61.6 Å². The van der Waals surface area contributed by atoms with Crippen molar-refractivity contribution >= 4 is 11.6 Å². The zero-order chi connectivity index (χ0) is 25.7. The molecule has 7 heteroatoms. The molecule has 0 spiro atoms. The smallest absolute Gasteiger partial charge is 0.251 e. The number of anilines is 1. The lowest BCUT2D eigenvalue weighted by molar-refractivity contribution is 0.0903. The van der Waals surface area contributed by atoms with Gasteiger partial charge in [-0.05, 0) is 61.4 Å². The van der Waals surface area contributed by atoms with Crippen molar-refractivity contribution in [3.63, 3.8) is 0 Å². The van der Waals surface area contributed by atoms with Crippen LogP contribution in [0, 0.1) is 5.92 Å². The highest BCUT2D eigenvalue weighted by molar-refractivity contribution is 5.94. The molecule has 1 heterocycles. The van der Waals surface area contributed by atoms with E-state index in [1.165, 1.54) is 6.07 Å². The van der Waals surface area contributed by atoms with E-state index >= 15 is 0 Å². The monoisotopic (exact) mass is 489 g/mol. The number of phenolic OH excluding ortho intramolecular Hbond substituents is 2. The molecule has 3 aromatic rings. The summed E-state index contributed by atoms with van der Waals surface area (Å²) < 4.78 is 5.75. The summed E-state index contributed by atoms with van der Waals surface area (Å²) in [5.41, 5.74) is 1.61. The van der Waals surface area contributed by atoms with Crippen LogP contribution in [0.2, 0.25) is 0 Å². The first-order chi connectivity index (χ1) is 17.3. The number of rotatable bonds is 8. The summed E-state index contributed by atoms with van der Waals surface area (Å²) in [6.07, 6.45) is 0. The summed E-state index contributed by atoms with van der Waals surface area (Å²) in [5.74, 6) is 1.72. The second-order valence-electron chi connectivity index (χ2n) is 9.77. The molecule has 0 bridgehead atoms. The van der Waals surface area contributed by atoms with Gasteiger partial charge in [0.1, 0.15) is 23.0 Å². The van der Waals surface area contributed by atoms with Gasteiger partial charge in [-0.1, -0.05) is 26.0 Å². The van der Waals surface area contributed by atoms with Gasteiger partial charge in [-0.25, -0.2) is 0 Å². The Balaban J connectivity index is 1.33. The number of aromatic hydroxyl groups is 2. The van der Waals surface area contributed by atoms with E-state index in [4.69, 9.17) is 4.74 Å². The minimum atomic E-state index is -0.107. The van der Waals surface area contributed by atoms with E-state index in [9.17, 15) is 15.0 Å². The normalized spacial score (nSPS) is 17.1. The highest BCUT2D eigenvalue weighted by Crippen LogP contribution is 2.26. The Morgan fingerprint density at radius 2 is 1.67 bits per heavy atom. The lowest BCUT2D eigenvalue weighted by atomic mass is 10.0. The summed E-state index contributed by atoms with van der Waals surface area (Å²) in [7, 11) is 0. The summed E-state index contributed by atoms with van der Waals surface area (Å²) in [5, 5.41) is 22.7. The van der Waals surface area contributed by atoms with Gasteiger partial charge in [0.05, 0.1) is 0 Å². The Kier molecular flexibility index (Phi) is 8.00. The molecule has 1 unspecified atom stereocenters. The molecular formula is C29H35N3O4. The van der Waals surface area contributed by atoms with Crippen molar-refractivity contribution in [3.05, 3.63) is 78.4 Å². The van der Waals surface area contributed by atoms with E-state index < -0.39 is 0 Å². The van der Waals surface area contributed by atoms with Gasteiger partial charge in [-0.3, -0.25) is 9.69 Å². The van der Waals surface area contributed by atoms with E-state index in [1.54, 1.807) is 48.5 Å². The van der Waals surface area contributed by atoms with Crippen LogP contribution < -0.4 is 15.0 Å². The fourth-order valence-corrected chi connectivity index (χ4v) is 4.56. The quantitative estimate of drug-likeness (QED) is 0.419. The van der Waals surface area contributed by atoms with Gasteiger partial charge in [0.25, 0.3) is 5.91 Å². The number of nitrogens with one attached hydrogen (secondary N) is 1. The van der Waals surface area contributed by atoms with Crippen LogP contribution in [0.3, 0.4) is 0 Å². The molecule has 1 aliphatic heterocycles.